The Labute approximate surface area is 70.6 Å². The lowest BCUT2D eigenvalue weighted by Gasteiger charge is -2.20. The molecular weight excluding hydrogens is 156 g/mol. The van der Waals surface area contributed by atoms with Gasteiger partial charge in [-0.05, 0) is 19.9 Å². The molecule has 0 aliphatic carbocycles. The summed E-state index contributed by atoms with van der Waals surface area (Å²) < 4.78 is 5.18. The van der Waals surface area contributed by atoms with Crippen LogP contribution >= 0.6 is 0 Å². The van der Waals surface area contributed by atoms with Gasteiger partial charge in [-0.25, -0.2) is 5.10 Å². The van der Waals surface area contributed by atoms with Crippen molar-refractivity contribution in [1.82, 2.24) is 10.2 Å². The molecule has 0 unspecified atom stereocenters. The van der Waals surface area contributed by atoms with E-state index in [1.165, 1.54) is 6.07 Å². The van der Waals surface area contributed by atoms with Crippen LogP contribution in [-0.4, -0.2) is 17.3 Å². The Hall–Kier alpha value is -1.16. The van der Waals surface area contributed by atoms with Crippen LogP contribution in [-0.2, 0) is 10.3 Å². The molecule has 66 valence electrons. The van der Waals surface area contributed by atoms with Crippen molar-refractivity contribution >= 4 is 0 Å². The molecule has 12 heavy (non-hydrogen) atoms. The molecule has 0 saturated carbocycles. The quantitative estimate of drug-likeness (QED) is 0.705. The summed E-state index contributed by atoms with van der Waals surface area (Å²) in [5, 5.41) is 6.21. The highest BCUT2D eigenvalue weighted by atomic mass is 16.5. The standard InChI is InChI=1S/C8H12N2O2/c1-8(2,12-3)6-4-5-7(11)10-9-6/h4-5H,1-3H3,(H,10,11). The Morgan fingerprint density at radius 2 is 2.17 bits per heavy atom. The molecule has 0 bridgehead atoms. The lowest BCUT2D eigenvalue weighted by atomic mass is 10.1. The topological polar surface area (TPSA) is 55.0 Å². The van der Waals surface area contributed by atoms with Crippen LogP contribution in [0.4, 0.5) is 0 Å². The summed E-state index contributed by atoms with van der Waals surface area (Å²) >= 11 is 0. The molecular formula is C8H12N2O2. The zero-order chi connectivity index (χ0) is 9.19. The maximum Gasteiger partial charge on any atom is 0.264 e. The monoisotopic (exact) mass is 168 g/mol. The van der Waals surface area contributed by atoms with E-state index in [2.05, 4.69) is 10.2 Å². The average molecular weight is 168 g/mol. The predicted octanol–water partition coefficient (Wildman–Crippen LogP) is 0.651. The van der Waals surface area contributed by atoms with Crippen molar-refractivity contribution in [2.75, 3.05) is 7.11 Å². The fraction of sp³-hybridized carbons (Fsp3) is 0.500. The summed E-state index contributed by atoms with van der Waals surface area (Å²) in [6.45, 7) is 3.77. The number of rotatable bonds is 2. The van der Waals surface area contributed by atoms with Crippen LogP contribution < -0.4 is 5.56 Å². The molecule has 0 spiro atoms. The van der Waals surface area contributed by atoms with E-state index in [0.717, 1.165) is 0 Å². The number of nitrogens with zero attached hydrogens (tertiary/aromatic N) is 1. The Morgan fingerprint density at radius 3 is 2.58 bits per heavy atom. The van der Waals surface area contributed by atoms with Crippen LogP contribution in [0.3, 0.4) is 0 Å². The molecule has 0 aromatic carbocycles. The van der Waals surface area contributed by atoms with E-state index in [1.807, 2.05) is 13.8 Å². The third kappa shape index (κ3) is 1.71. The predicted molar refractivity (Wildman–Crippen MR) is 44.9 cm³/mol. The van der Waals surface area contributed by atoms with E-state index >= 15 is 0 Å². The van der Waals surface area contributed by atoms with Crippen LogP contribution in [0, 0.1) is 0 Å². The van der Waals surface area contributed by atoms with Gasteiger partial charge in [-0.15, -0.1) is 0 Å². The van der Waals surface area contributed by atoms with Crippen LogP contribution in [0.1, 0.15) is 19.5 Å². The van der Waals surface area contributed by atoms with Gasteiger partial charge in [-0.2, -0.15) is 5.10 Å². The highest BCUT2D eigenvalue weighted by molar-refractivity contribution is 5.07. The van der Waals surface area contributed by atoms with Crippen molar-refractivity contribution < 1.29 is 4.74 Å². The number of ether oxygens (including phenoxy) is 1. The van der Waals surface area contributed by atoms with Crippen LogP contribution in [0.15, 0.2) is 16.9 Å². The third-order valence-corrected chi connectivity index (χ3v) is 1.81. The van der Waals surface area contributed by atoms with E-state index < -0.39 is 5.60 Å². The molecule has 4 nitrogen and oxygen atoms in total. The lowest BCUT2D eigenvalue weighted by molar-refractivity contribution is 0.0147. The molecule has 0 fully saturated rings. The lowest BCUT2D eigenvalue weighted by Crippen LogP contribution is -2.23. The zero-order valence-corrected chi connectivity index (χ0v) is 7.42. The Morgan fingerprint density at radius 1 is 1.50 bits per heavy atom. The number of aromatic amines is 1. The first kappa shape index (κ1) is 8.93. The van der Waals surface area contributed by atoms with Crippen molar-refractivity contribution in [3.8, 4) is 0 Å². The molecule has 1 N–H and O–H groups in total. The minimum Gasteiger partial charge on any atom is -0.372 e. The number of hydrogen-bond donors (Lipinski definition) is 1. The number of aromatic nitrogens is 2. The number of H-pyrrole nitrogens is 1. The van der Waals surface area contributed by atoms with Gasteiger partial charge in [0, 0.05) is 13.2 Å². The van der Waals surface area contributed by atoms with Gasteiger partial charge >= 0.3 is 0 Å². The summed E-state index contributed by atoms with van der Waals surface area (Å²) in [5.41, 5.74) is 0.0553. The fourth-order valence-corrected chi connectivity index (χ4v) is 0.784. The van der Waals surface area contributed by atoms with Gasteiger partial charge in [0.15, 0.2) is 0 Å². The van der Waals surface area contributed by atoms with E-state index in [9.17, 15) is 4.79 Å². The molecule has 0 aliphatic heterocycles. The molecule has 0 radical (unpaired) electrons. The van der Waals surface area contributed by atoms with Gasteiger partial charge in [-0.3, -0.25) is 4.79 Å². The summed E-state index contributed by atoms with van der Waals surface area (Å²) in [6.07, 6.45) is 0. The van der Waals surface area contributed by atoms with E-state index in [0.29, 0.717) is 5.69 Å². The van der Waals surface area contributed by atoms with Crippen molar-refractivity contribution in [2.45, 2.75) is 19.4 Å². The summed E-state index contributed by atoms with van der Waals surface area (Å²) in [6, 6.07) is 3.09. The number of hydrogen-bond acceptors (Lipinski definition) is 3. The Bertz CT molecular complexity index is 297. The highest BCUT2D eigenvalue weighted by Crippen LogP contribution is 2.19. The van der Waals surface area contributed by atoms with Crippen LogP contribution in [0.5, 0.6) is 0 Å². The van der Waals surface area contributed by atoms with Gasteiger partial charge in [0.25, 0.3) is 5.56 Å². The summed E-state index contributed by atoms with van der Waals surface area (Å²) in [4.78, 5) is 10.7. The molecule has 0 saturated heterocycles. The first-order valence-electron chi connectivity index (χ1n) is 3.67. The molecule has 0 aliphatic rings. The van der Waals surface area contributed by atoms with Crippen LogP contribution in [0.2, 0.25) is 0 Å². The minimum absolute atomic E-state index is 0.203. The summed E-state index contributed by atoms with van der Waals surface area (Å²) in [7, 11) is 1.60. The third-order valence-electron chi connectivity index (χ3n) is 1.81. The first-order chi connectivity index (χ1) is 5.56. The van der Waals surface area contributed by atoms with E-state index in [4.69, 9.17) is 4.74 Å². The minimum atomic E-state index is -0.454. The van der Waals surface area contributed by atoms with E-state index in [-0.39, 0.29) is 5.56 Å². The highest BCUT2D eigenvalue weighted by Gasteiger charge is 2.20. The second kappa shape index (κ2) is 3.06. The fourth-order valence-electron chi connectivity index (χ4n) is 0.784. The summed E-state index contributed by atoms with van der Waals surface area (Å²) in [5.74, 6) is 0. The smallest absolute Gasteiger partial charge is 0.264 e. The zero-order valence-electron chi connectivity index (χ0n) is 7.42. The largest absolute Gasteiger partial charge is 0.372 e. The average Bonchev–Trinajstić information content (AvgIpc) is 2.05. The number of methoxy groups -OCH3 is 1. The molecule has 1 aromatic heterocycles. The van der Waals surface area contributed by atoms with Gasteiger partial charge in [0.1, 0.15) is 5.60 Å². The van der Waals surface area contributed by atoms with Gasteiger partial charge in [0.05, 0.1) is 5.69 Å². The number of nitrogens with one attached hydrogen (secondary N) is 1. The van der Waals surface area contributed by atoms with Crippen molar-refractivity contribution in [2.24, 2.45) is 0 Å². The molecule has 4 heteroatoms. The molecule has 1 heterocycles. The second-order valence-corrected chi connectivity index (χ2v) is 3.02. The van der Waals surface area contributed by atoms with Crippen molar-refractivity contribution in [3.63, 3.8) is 0 Å². The maximum atomic E-state index is 10.7. The van der Waals surface area contributed by atoms with Gasteiger partial charge < -0.3 is 4.74 Å². The second-order valence-electron chi connectivity index (χ2n) is 3.02. The maximum absolute atomic E-state index is 10.7. The molecule has 1 rings (SSSR count). The molecule has 0 amide bonds. The normalized spacial score (nSPS) is 11.6. The SMILES string of the molecule is COC(C)(C)c1ccc(=O)[nH]n1. The van der Waals surface area contributed by atoms with Crippen molar-refractivity contribution in [3.05, 3.63) is 28.2 Å². The van der Waals surface area contributed by atoms with Crippen molar-refractivity contribution in [1.29, 1.82) is 0 Å². The molecule has 0 atom stereocenters. The Balaban J connectivity index is 3.04. The Kier molecular flexibility index (Phi) is 2.28. The first-order valence-corrected chi connectivity index (χ1v) is 3.67. The van der Waals surface area contributed by atoms with Gasteiger partial charge in [-0.1, -0.05) is 0 Å². The van der Waals surface area contributed by atoms with Crippen LogP contribution in [0.25, 0.3) is 0 Å². The molecule has 1 aromatic rings. The van der Waals surface area contributed by atoms with Gasteiger partial charge in [0.2, 0.25) is 0 Å². The van der Waals surface area contributed by atoms with E-state index in [1.54, 1.807) is 13.2 Å².